The second-order valence-electron chi connectivity index (χ2n) is 8.36. The third-order valence-corrected chi connectivity index (χ3v) is 5.44. The van der Waals surface area contributed by atoms with Crippen molar-refractivity contribution in [3.05, 3.63) is 48.2 Å². The normalized spacial score (nSPS) is 20.7. The molecule has 10 heteroatoms. The molecule has 2 aromatic heterocycles. The molecular weight excluding hydrogens is 427 g/mol. The molecule has 176 valence electrons. The highest BCUT2D eigenvalue weighted by Gasteiger charge is 2.34. The number of rotatable bonds is 9. The lowest BCUT2D eigenvalue weighted by Crippen LogP contribution is -2.42. The number of benzene rings is 1. The molecule has 0 atom stereocenters. The van der Waals surface area contributed by atoms with E-state index >= 15 is 0 Å². The first-order chi connectivity index (χ1) is 16.0. The lowest BCUT2D eigenvalue weighted by molar-refractivity contribution is -0.231. The fourth-order valence-corrected chi connectivity index (χ4v) is 3.42. The molecule has 0 unspecified atom stereocenters. The zero-order valence-electron chi connectivity index (χ0n) is 18.8. The molecule has 0 saturated carbocycles. The van der Waals surface area contributed by atoms with Gasteiger partial charge in [-0.25, -0.2) is 19.3 Å². The highest BCUT2D eigenvalue weighted by Crippen LogP contribution is 2.35. The first-order valence-corrected chi connectivity index (χ1v) is 10.9. The Labute approximate surface area is 191 Å². The van der Waals surface area contributed by atoms with Crippen LogP contribution in [0, 0.1) is 11.2 Å². The quantitative estimate of drug-likeness (QED) is 0.420. The second-order valence-corrected chi connectivity index (χ2v) is 8.36. The average Bonchev–Trinajstić information content (AvgIpc) is 3.28. The van der Waals surface area contributed by atoms with Crippen LogP contribution in [0.25, 0.3) is 22.6 Å². The van der Waals surface area contributed by atoms with Gasteiger partial charge in [0.15, 0.2) is 5.82 Å². The molecule has 0 aliphatic carbocycles. The van der Waals surface area contributed by atoms with Crippen molar-refractivity contribution in [3.8, 4) is 22.6 Å². The van der Waals surface area contributed by atoms with Crippen LogP contribution in [-0.4, -0.2) is 60.0 Å². The second kappa shape index (κ2) is 10.3. The van der Waals surface area contributed by atoms with Crippen molar-refractivity contribution < 1.29 is 18.6 Å². The summed E-state index contributed by atoms with van der Waals surface area (Å²) in [5.74, 6) is 0.686. The zero-order chi connectivity index (χ0) is 23.3. The van der Waals surface area contributed by atoms with Gasteiger partial charge < -0.3 is 30.2 Å². The minimum Gasteiger partial charge on any atom is -0.385 e. The third-order valence-electron chi connectivity index (χ3n) is 5.44. The topological polar surface area (TPSA) is 120 Å². The van der Waals surface area contributed by atoms with Gasteiger partial charge in [-0.15, -0.1) is 0 Å². The van der Waals surface area contributed by atoms with Crippen molar-refractivity contribution in [2.75, 3.05) is 45.3 Å². The van der Waals surface area contributed by atoms with Crippen LogP contribution in [0.4, 0.5) is 10.3 Å². The number of methoxy groups -OCH3 is 1. The minimum atomic E-state index is -0.661. The molecule has 0 radical (unpaired) electrons. The van der Waals surface area contributed by atoms with E-state index in [9.17, 15) is 4.39 Å². The molecule has 4 N–H and O–H groups in total. The Hall–Kier alpha value is -2.92. The lowest BCUT2D eigenvalue weighted by Gasteiger charge is -2.35. The Morgan fingerprint density at radius 2 is 1.97 bits per heavy atom. The van der Waals surface area contributed by atoms with Crippen LogP contribution in [-0.2, 0) is 14.2 Å². The summed E-state index contributed by atoms with van der Waals surface area (Å²) in [6.45, 7) is 4.72. The van der Waals surface area contributed by atoms with Gasteiger partial charge in [0.25, 0.3) is 0 Å². The molecule has 4 rings (SSSR count). The molecule has 3 heterocycles. The summed E-state index contributed by atoms with van der Waals surface area (Å²) in [5, 5.41) is 3.19. The van der Waals surface area contributed by atoms with E-state index in [0.29, 0.717) is 61.8 Å². The summed E-state index contributed by atoms with van der Waals surface area (Å²) >= 11 is 0. The summed E-state index contributed by atoms with van der Waals surface area (Å²) < 4.78 is 30.4. The number of H-pyrrole nitrogens is 1. The van der Waals surface area contributed by atoms with Gasteiger partial charge in [0.2, 0.25) is 12.2 Å². The molecular formula is C23H29FN6O3. The summed E-state index contributed by atoms with van der Waals surface area (Å²) in [4.78, 5) is 17.0. The van der Waals surface area contributed by atoms with Gasteiger partial charge in [-0.3, -0.25) is 0 Å². The number of imidazole rings is 1. The first-order valence-electron chi connectivity index (χ1n) is 10.9. The predicted molar refractivity (Wildman–Crippen MR) is 122 cm³/mol. The Balaban J connectivity index is 1.64. The van der Waals surface area contributed by atoms with Crippen LogP contribution in [0.3, 0.4) is 0 Å². The zero-order valence-corrected chi connectivity index (χ0v) is 18.8. The summed E-state index contributed by atoms with van der Waals surface area (Å²) in [6.07, 6.45) is 1.85. The third kappa shape index (κ3) is 5.53. The number of aromatic amines is 1. The number of ether oxygens (including phenoxy) is 3. The predicted octanol–water partition coefficient (Wildman–Crippen LogP) is 3.13. The molecule has 1 aliphatic rings. The maximum atomic E-state index is 13.5. The maximum Gasteiger partial charge on any atom is 0.223 e. The number of aromatic nitrogens is 4. The van der Waals surface area contributed by atoms with E-state index < -0.39 is 6.29 Å². The standard InChI is InChI=1S/C23H29FN6O3/c1-23(12-25)13-32-21(33-14-23)20-29-18(15-4-6-16(24)7-5-15)19(30-20)17-8-10-27-22(28-17)26-9-3-11-31-2/h4-8,10,21H,3,9,11-14,25H2,1-2H3,(H,29,30)(H,26,27,28). The number of halogens is 1. The van der Waals surface area contributed by atoms with Crippen molar-refractivity contribution in [2.45, 2.75) is 19.6 Å². The van der Waals surface area contributed by atoms with Crippen LogP contribution < -0.4 is 11.1 Å². The first kappa shape index (κ1) is 23.2. The van der Waals surface area contributed by atoms with Gasteiger partial charge in [0.1, 0.15) is 5.82 Å². The van der Waals surface area contributed by atoms with Crippen molar-refractivity contribution in [1.82, 2.24) is 19.9 Å². The fraction of sp³-hybridized carbons (Fsp3) is 0.435. The molecule has 1 aromatic carbocycles. The molecule has 1 fully saturated rings. The number of hydrogen-bond donors (Lipinski definition) is 3. The maximum absolute atomic E-state index is 13.5. The van der Waals surface area contributed by atoms with Crippen molar-refractivity contribution in [2.24, 2.45) is 11.1 Å². The SMILES string of the molecule is COCCCNc1nccc(-c2[nH]c(C3OCC(C)(CN)CO3)nc2-c2ccc(F)cc2)n1. The number of nitrogens with zero attached hydrogens (tertiary/aromatic N) is 3. The number of anilines is 1. The number of hydrogen-bond acceptors (Lipinski definition) is 8. The van der Waals surface area contributed by atoms with E-state index in [1.165, 1.54) is 12.1 Å². The van der Waals surface area contributed by atoms with Gasteiger partial charge in [-0.1, -0.05) is 6.92 Å². The van der Waals surface area contributed by atoms with Crippen LogP contribution in [0.5, 0.6) is 0 Å². The Morgan fingerprint density at radius 3 is 2.67 bits per heavy atom. The molecule has 0 bridgehead atoms. The van der Waals surface area contributed by atoms with Crippen molar-refractivity contribution in [3.63, 3.8) is 0 Å². The highest BCUT2D eigenvalue weighted by atomic mass is 19.1. The molecule has 0 amide bonds. The monoisotopic (exact) mass is 456 g/mol. The Morgan fingerprint density at radius 1 is 1.21 bits per heavy atom. The van der Waals surface area contributed by atoms with Crippen LogP contribution in [0.2, 0.25) is 0 Å². The fourth-order valence-electron chi connectivity index (χ4n) is 3.42. The molecule has 0 spiro atoms. The average molecular weight is 457 g/mol. The Bertz CT molecular complexity index is 1050. The van der Waals surface area contributed by atoms with Crippen molar-refractivity contribution >= 4 is 5.95 Å². The molecule has 1 aliphatic heterocycles. The van der Waals surface area contributed by atoms with E-state index in [2.05, 4.69) is 20.3 Å². The van der Waals surface area contributed by atoms with Crippen LogP contribution in [0.1, 0.15) is 25.5 Å². The lowest BCUT2D eigenvalue weighted by atomic mass is 9.93. The van der Waals surface area contributed by atoms with Crippen LogP contribution in [0.15, 0.2) is 36.5 Å². The largest absolute Gasteiger partial charge is 0.385 e. The minimum absolute atomic E-state index is 0.234. The van der Waals surface area contributed by atoms with Gasteiger partial charge in [-0.2, -0.15) is 0 Å². The molecule has 9 nitrogen and oxygen atoms in total. The van der Waals surface area contributed by atoms with Crippen molar-refractivity contribution in [1.29, 1.82) is 0 Å². The van der Waals surface area contributed by atoms with Crippen LogP contribution >= 0.6 is 0 Å². The van der Waals surface area contributed by atoms with E-state index in [4.69, 9.17) is 24.9 Å². The van der Waals surface area contributed by atoms with Gasteiger partial charge in [0, 0.05) is 44.0 Å². The van der Waals surface area contributed by atoms with E-state index in [1.54, 1.807) is 31.5 Å². The highest BCUT2D eigenvalue weighted by molar-refractivity contribution is 5.77. The van der Waals surface area contributed by atoms with E-state index in [0.717, 1.165) is 12.0 Å². The summed E-state index contributed by atoms with van der Waals surface area (Å²) in [6, 6.07) is 7.95. The Kier molecular flexibility index (Phi) is 7.29. The molecule has 33 heavy (non-hydrogen) atoms. The van der Waals surface area contributed by atoms with Gasteiger partial charge in [0.05, 0.1) is 30.3 Å². The smallest absolute Gasteiger partial charge is 0.223 e. The molecule has 3 aromatic rings. The van der Waals surface area contributed by atoms with Gasteiger partial charge >= 0.3 is 0 Å². The number of nitrogens with two attached hydrogens (primary N) is 1. The summed E-state index contributed by atoms with van der Waals surface area (Å²) in [7, 11) is 1.67. The van der Waals surface area contributed by atoms with E-state index in [-0.39, 0.29) is 11.2 Å². The summed E-state index contributed by atoms with van der Waals surface area (Å²) in [5.41, 5.74) is 8.27. The molecule has 1 saturated heterocycles. The number of nitrogens with one attached hydrogen (secondary N) is 2. The van der Waals surface area contributed by atoms with Gasteiger partial charge in [-0.05, 0) is 36.8 Å². The van der Waals surface area contributed by atoms with E-state index in [1.807, 2.05) is 6.92 Å².